The van der Waals surface area contributed by atoms with Crippen LogP contribution in [0.3, 0.4) is 0 Å². The van der Waals surface area contributed by atoms with Gasteiger partial charge in [-0.2, -0.15) is 17.5 Å². The Hall–Kier alpha value is -2.21. The maximum absolute atomic E-state index is 12.6. The van der Waals surface area contributed by atoms with Crippen molar-refractivity contribution in [3.8, 4) is 0 Å². The minimum atomic E-state index is -5.08. The smallest absolute Gasteiger partial charge is 0.475 e. The third-order valence-electron chi connectivity index (χ3n) is 5.21. The number of aliphatic carboxylic acids is 1. The molecule has 1 aromatic heterocycles. The van der Waals surface area contributed by atoms with Crippen LogP contribution in [0.5, 0.6) is 0 Å². The highest BCUT2D eigenvalue weighted by Crippen LogP contribution is 2.39. The van der Waals surface area contributed by atoms with Crippen LogP contribution < -0.4 is 0 Å². The van der Waals surface area contributed by atoms with Crippen LogP contribution in [0, 0.1) is 0 Å². The lowest BCUT2D eigenvalue weighted by molar-refractivity contribution is -0.192. The van der Waals surface area contributed by atoms with Gasteiger partial charge in [0.1, 0.15) is 0 Å². The zero-order valence-electron chi connectivity index (χ0n) is 15.2. The van der Waals surface area contributed by atoms with Crippen LogP contribution in [0.25, 0.3) is 0 Å². The quantitative estimate of drug-likeness (QED) is 0.771. The van der Waals surface area contributed by atoms with Crippen LogP contribution in [0.1, 0.15) is 36.0 Å². The minimum Gasteiger partial charge on any atom is -0.475 e. The predicted molar refractivity (Wildman–Crippen MR) is 94.4 cm³/mol. The standard InChI is InChI=1S/C15H19N3O3S.C2HF3O2/c19-15(11-2-1-7-16-10-11)17-8-5-14-13(17)6-9-18(14)22(20,21)12-3-4-12;3-2(4,5)1(6)7/h1-2,7,10,12-14H,3-6,8-9H2;(H,6,7)/t13-,14+;/m1./s1. The minimum absolute atomic E-state index is 0.0150. The zero-order chi connectivity index (χ0) is 21.4. The summed E-state index contributed by atoms with van der Waals surface area (Å²) in [6.07, 6.45) is 1.18. The van der Waals surface area contributed by atoms with Gasteiger partial charge in [0.05, 0.1) is 10.8 Å². The monoisotopic (exact) mass is 435 g/mol. The second-order valence-electron chi connectivity index (χ2n) is 7.11. The van der Waals surface area contributed by atoms with E-state index in [-0.39, 0.29) is 23.2 Å². The van der Waals surface area contributed by atoms with Gasteiger partial charge in [-0.3, -0.25) is 9.78 Å². The number of carbonyl (C=O) groups is 2. The lowest BCUT2D eigenvalue weighted by atomic mass is 10.1. The number of nitrogens with zero attached hydrogens (tertiary/aromatic N) is 3. The number of pyridine rings is 1. The number of likely N-dealkylation sites (tertiary alicyclic amines) is 1. The average Bonchev–Trinajstić information content (AvgIpc) is 3.32. The van der Waals surface area contributed by atoms with Crippen molar-refractivity contribution >= 4 is 21.9 Å². The number of carboxylic acids is 1. The van der Waals surface area contributed by atoms with E-state index in [1.54, 1.807) is 28.8 Å². The first-order chi connectivity index (χ1) is 13.5. The van der Waals surface area contributed by atoms with Gasteiger partial charge in [0.15, 0.2) is 0 Å². The Bertz CT molecular complexity index is 874. The van der Waals surface area contributed by atoms with Crippen LogP contribution in [0.15, 0.2) is 24.5 Å². The van der Waals surface area contributed by atoms with E-state index in [4.69, 9.17) is 9.90 Å². The van der Waals surface area contributed by atoms with Gasteiger partial charge in [-0.25, -0.2) is 13.2 Å². The van der Waals surface area contributed by atoms with Crippen molar-refractivity contribution < 1.29 is 36.3 Å². The summed E-state index contributed by atoms with van der Waals surface area (Å²) in [4.78, 5) is 27.3. The van der Waals surface area contributed by atoms with E-state index in [1.165, 1.54) is 0 Å². The molecule has 1 aromatic rings. The number of carbonyl (C=O) groups excluding carboxylic acids is 1. The number of amides is 1. The fraction of sp³-hybridized carbons (Fsp3) is 0.588. The first-order valence-corrected chi connectivity index (χ1v) is 10.6. The van der Waals surface area contributed by atoms with Crippen molar-refractivity contribution in [2.75, 3.05) is 13.1 Å². The molecule has 3 fully saturated rings. The lowest BCUT2D eigenvalue weighted by Crippen LogP contribution is -2.42. The Morgan fingerprint density at radius 1 is 1.10 bits per heavy atom. The van der Waals surface area contributed by atoms with Crippen LogP contribution in [-0.2, 0) is 14.8 Å². The molecular formula is C17H20F3N3O5S. The van der Waals surface area contributed by atoms with Crippen molar-refractivity contribution in [2.24, 2.45) is 0 Å². The molecule has 8 nitrogen and oxygen atoms in total. The van der Waals surface area contributed by atoms with E-state index in [0.29, 0.717) is 18.7 Å². The van der Waals surface area contributed by atoms with Gasteiger partial charge >= 0.3 is 12.1 Å². The maximum atomic E-state index is 12.6. The third-order valence-corrected chi connectivity index (χ3v) is 7.63. The third kappa shape index (κ3) is 4.53. The average molecular weight is 435 g/mol. The number of fused-ring (bicyclic) bond motifs is 1. The molecule has 1 aliphatic carbocycles. The molecule has 2 saturated heterocycles. The Balaban J connectivity index is 0.000000298. The van der Waals surface area contributed by atoms with Gasteiger partial charge in [-0.15, -0.1) is 0 Å². The molecule has 3 aliphatic rings. The van der Waals surface area contributed by atoms with Crippen LogP contribution in [0.4, 0.5) is 13.2 Å². The second-order valence-corrected chi connectivity index (χ2v) is 9.28. The van der Waals surface area contributed by atoms with E-state index in [0.717, 1.165) is 25.7 Å². The van der Waals surface area contributed by atoms with Crippen molar-refractivity contribution in [3.63, 3.8) is 0 Å². The molecule has 29 heavy (non-hydrogen) atoms. The van der Waals surface area contributed by atoms with Crippen LogP contribution >= 0.6 is 0 Å². The van der Waals surface area contributed by atoms with Gasteiger partial charge in [0.25, 0.3) is 5.91 Å². The molecule has 4 rings (SSSR count). The Kier molecular flexibility index (Phi) is 5.86. The van der Waals surface area contributed by atoms with Gasteiger partial charge in [0.2, 0.25) is 10.0 Å². The van der Waals surface area contributed by atoms with Crippen LogP contribution in [0.2, 0.25) is 0 Å². The molecule has 3 heterocycles. The first-order valence-electron chi connectivity index (χ1n) is 9.05. The summed E-state index contributed by atoms with van der Waals surface area (Å²) in [6, 6.07) is 3.49. The first kappa shape index (κ1) is 21.5. The summed E-state index contributed by atoms with van der Waals surface area (Å²) in [5.74, 6) is -2.79. The molecule has 0 bridgehead atoms. The molecule has 1 amide bonds. The number of halogens is 3. The van der Waals surface area contributed by atoms with Gasteiger partial charge in [0, 0.05) is 37.6 Å². The summed E-state index contributed by atoms with van der Waals surface area (Å²) in [5, 5.41) is 6.95. The number of aromatic nitrogens is 1. The molecule has 0 aromatic carbocycles. The molecule has 0 radical (unpaired) electrons. The van der Waals surface area contributed by atoms with Gasteiger partial charge in [-0.05, 0) is 37.8 Å². The van der Waals surface area contributed by atoms with E-state index >= 15 is 0 Å². The normalized spacial score (nSPS) is 24.6. The number of alkyl halides is 3. The van der Waals surface area contributed by atoms with Crippen molar-refractivity contribution in [1.82, 2.24) is 14.2 Å². The van der Waals surface area contributed by atoms with Crippen molar-refractivity contribution in [1.29, 1.82) is 0 Å². The molecular weight excluding hydrogens is 415 g/mol. The fourth-order valence-corrected chi connectivity index (χ4v) is 5.83. The van der Waals surface area contributed by atoms with Gasteiger partial charge < -0.3 is 10.0 Å². The summed E-state index contributed by atoms with van der Waals surface area (Å²) in [7, 11) is -3.15. The number of hydrogen-bond donors (Lipinski definition) is 1. The van der Waals surface area contributed by atoms with E-state index in [1.807, 2.05) is 4.90 Å². The number of rotatable bonds is 3. The highest BCUT2D eigenvalue weighted by molar-refractivity contribution is 7.90. The SMILES string of the molecule is O=C(O)C(F)(F)F.O=C(c1cccnc1)N1CC[C@H]2[C@H]1CCN2S(=O)(=O)C1CC1. The molecule has 2 aliphatic heterocycles. The maximum Gasteiger partial charge on any atom is 0.490 e. The molecule has 160 valence electrons. The number of sulfonamides is 1. The van der Waals surface area contributed by atoms with Gasteiger partial charge in [-0.1, -0.05) is 0 Å². The fourth-order valence-electron chi connectivity index (χ4n) is 3.73. The highest BCUT2D eigenvalue weighted by Gasteiger charge is 2.52. The van der Waals surface area contributed by atoms with Crippen molar-refractivity contribution in [3.05, 3.63) is 30.1 Å². The second kappa shape index (κ2) is 7.90. The molecule has 0 spiro atoms. The summed E-state index contributed by atoms with van der Waals surface area (Å²) in [5.41, 5.74) is 0.576. The Morgan fingerprint density at radius 3 is 2.24 bits per heavy atom. The summed E-state index contributed by atoms with van der Waals surface area (Å²) >= 11 is 0. The molecule has 0 unspecified atom stereocenters. The van der Waals surface area contributed by atoms with E-state index in [9.17, 15) is 26.4 Å². The number of carboxylic acid groups (broad SMARTS) is 1. The van der Waals surface area contributed by atoms with E-state index < -0.39 is 22.2 Å². The highest BCUT2D eigenvalue weighted by atomic mass is 32.2. The Labute approximate surface area is 165 Å². The topological polar surface area (TPSA) is 108 Å². The van der Waals surface area contributed by atoms with Crippen LogP contribution in [-0.4, -0.2) is 76.2 Å². The van der Waals surface area contributed by atoms with E-state index in [2.05, 4.69) is 4.98 Å². The summed E-state index contributed by atoms with van der Waals surface area (Å²) < 4.78 is 58.4. The molecule has 12 heteroatoms. The summed E-state index contributed by atoms with van der Waals surface area (Å²) in [6.45, 7) is 1.17. The Morgan fingerprint density at radius 2 is 1.72 bits per heavy atom. The molecule has 1 N–H and O–H groups in total. The predicted octanol–water partition coefficient (Wildman–Crippen LogP) is 1.50. The van der Waals surface area contributed by atoms with Crippen molar-refractivity contribution in [2.45, 2.75) is 49.2 Å². The molecule has 2 atom stereocenters. The lowest BCUT2D eigenvalue weighted by Gasteiger charge is -2.25. The largest absolute Gasteiger partial charge is 0.490 e. The number of hydrogen-bond acceptors (Lipinski definition) is 5. The molecule has 1 saturated carbocycles. The zero-order valence-corrected chi connectivity index (χ0v) is 16.1.